The van der Waals surface area contributed by atoms with E-state index >= 15 is 0 Å². The standard InChI is InChI=1S/C15H20O2/c1-11-7-9-15(10-8-11,14(16)17)13-6-4-3-5-12(13)2/h3-6,11H,7-10H2,1-2H3,(H,16,17). The molecule has 1 aromatic carbocycles. The van der Waals surface area contributed by atoms with Gasteiger partial charge in [0.25, 0.3) is 0 Å². The van der Waals surface area contributed by atoms with Gasteiger partial charge in [-0.2, -0.15) is 0 Å². The van der Waals surface area contributed by atoms with Crippen molar-refractivity contribution >= 4 is 5.97 Å². The van der Waals surface area contributed by atoms with E-state index in [-0.39, 0.29) is 0 Å². The number of rotatable bonds is 2. The lowest BCUT2D eigenvalue weighted by Gasteiger charge is -2.37. The van der Waals surface area contributed by atoms with Gasteiger partial charge in [-0.15, -0.1) is 0 Å². The van der Waals surface area contributed by atoms with Crippen LogP contribution in [-0.2, 0) is 10.2 Å². The summed E-state index contributed by atoms with van der Waals surface area (Å²) in [5.74, 6) is 0.00481. The van der Waals surface area contributed by atoms with E-state index in [0.29, 0.717) is 5.92 Å². The Bertz CT molecular complexity index is 415. The van der Waals surface area contributed by atoms with Gasteiger partial charge in [0.1, 0.15) is 0 Å². The predicted octanol–water partition coefficient (Wildman–Crippen LogP) is 3.53. The predicted molar refractivity (Wildman–Crippen MR) is 68.1 cm³/mol. The molecule has 0 unspecified atom stereocenters. The number of carboxylic acids is 1. The summed E-state index contributed by atoms with van der Waals surface area (Å²) in [6, 6.07) is 7.92. The zero-order valence-electron chi connectivity index (χ0n) is 10.6. The smallest absolute Gasteiger partial charge is 0.314 e. The van der Waals surface area contributed by atoms with Gasteiger partial charge in [-0.25, -0.2) is 0 Å². The van der Waals surface area contributed by atoms with Crippen molar-refractivity contribution in [2.75, 3.05) is 0 Å². The molecule has 1 aliphatic carbocycles. The molecule has 1 aromatic rings. The fraction of sp³-hybridized carbons (Fsp3) is 0.533. The summed E-state index contributed by atoms with van der Waals surface area (Å²) in [6.45, 7) is 4.22. The van der Waals surface area contributed by atoms with E-state index in [2.05, 4.69) is 6.92 Å². The van der Waals surface area contributed by atoms with Crippen LogP contribution < -0.4 is 0 Å². The third-order valence-corrected chi connectivity index (χ3v) is 4.20. The second-order valence-electron chi connectivity index (χ2n) is 5.38. The molecule has 1 aliphatic rings. The van der Waals surface area contributed by atoms with Gasteiger partial charge in [0, 0.05) is 0 Å². The van der Waals surface area contributed by atoms with Crippen LogP contribution in [0.3, 0.4) is 0 Å². The van der Waals surface area contributed by atoms with Crippen molar-refractivity contribution in [2.24, 2.45) is 5.92 Å². The van der Waals surface area contributed by atoms with Crippen molar-refractivity contribution < 1.29 is 9.90 Å². The minimum absolute atomic E-state index is 0.641. The van der Waals surface area contributed by atoms with Crippen LogP contribution in [0.5, 0.6) is 0 Å². The topological polar surface area (TPSA) is 37.3 Å². The average molecular weight is 232 g/mol. The molecule has 0 aliphatic heterocycles. The van der Waals surface area contributed by atoms with Gasteiger partial charge >= 0.3 is 5.97 Å². The lowest BCUT2D eigenvalue weighted by Crippen LogP contribution is -2.39. The number of hydrogen-bond donors (Lipinski definition) is 1. The molecule has 1 fully saturated rings. The van der Waals surface area contributed by atoms with Gasteiger partial charge in [0.05, 0.1) is 5.41 Å². The van der Waals surface area contributed by atoms with Crippen LogP contribution in [0.2, 0.25) is 0 Å². The van der Waals surface area contributed by atoms with E-state index in [9.17, 15) is 9.90 Å². The molecule has 0 saturated heterocycles. The van der Waals surface area contributed by atoms with E-state index in [1.807, 2.05) is 31.2 Å². The second kappa shape index (κ2) is 4.52. The Labute approximate surface area is 103 Å². The Morgan fingerprint density at radius 3 is 2.41 bits per heavy atom. The van der Waals surface area contributed by atoms with Crippen LogP contribution in [0, 0.1) is 12.8 Å². The fourth-order valence-corrected chi connectivity index (χ4v) is 2.96. The second-order valence-corrected chi connectivity index (χ2v) is 5.38. The molecule has 2 nitrogen and oxygen atoms in total. The first-order chi connectivity index (χ1) is 8.06. The molecule has 0 amide bonds. The molecule has 0 radical (unpaired) electrons. The molecule has 0 spiro atoms. The van der Waals surface area contributed by atoms with Crippen LogP contribution >= 0.6 is 0 Å². The minimum atomic E-state index is -0.654. The number of aliphatic carboxylic acids is 1. The molecular formula is C15H20O2. The maximum absolute atomic E-state index is 11.7. The minimum Gasteiger partial charge on any atom is -0.481 e. The van der Waals surface area contributed by atoms with Crippen molar-refractivity contribution in [1.29, 1.82) is 0 Å². The largest absolute Gasteiger partial charge is 0.481 e. The summed E-state index contributed by atoms with van der Waals surface area (Å²) in [5.41, 5.74) is 1.47. The monoisotopic (exact) mass is 232 g/mol. The van der Waals surface area contributed by atoms with Gasteiger partial charge in [-0.1, -0.05) is 31.2 Å². The molecule has 0 heterocycles. The molecule has 0 bridgehead atoms. The van der Waals surface area contributed by atoms with Crippen molar-refractivity contribution in [3.8, 4) is 0 Å². The van der Waals surface area contributed by atoms with Crippen molar-refractivity contribution in [2.45, 2.75) is 44.9 Å². The zero-order chi connectivity index (χ0) is 12.5. The zero-order valence-corrected chi connectivity index (χ0v) is 10.6. The van der Waals surface area contributed by atoms with Gasteiger partial charge in [0.15, 0.2) is 0 Å². The molecular weight excluding hydrogens is 212 g/mol. The normalized spacial score (nSPS) is 28.9. The Morgan fingerprint density at radius 1 is 1.29 bits per heavy atom. The molecule has 2 rings (SSSR count). The fourth-order valence-electron chi connectivity index (χ4n) is 2.96. The summed E-state index contributed by atoms with van der Waals surface area (Å²) in [4.78, 5) is 11.7. The Morgan fingerprint density at radius 2 is 1.88 bits per heavy atom. The first-order valence-corrected chi connectivity index (χ1v) is 6.36. The molecule has 1 saturated carbocycles. The van der Waals surface area contributed by atoms with Crippen LogP contribution in [0.25, 0.3) is 0 Å². The lowest BCUT2D eigenvalue weighted by molar-refractivity contribution is -0.145. The number of benzene rings is 1. The lowest BCUT2D eigenvalue weighted by atomic mass is 9.66. The number of aryl methyl sites for hydroxylation is 1. The van der Waals surface area contributed by atoms with Gasteiger partial charge in [0.2, 0.25) is 0 Å². The molecule has 2 heteroatoms. The van der Waals surface area contributed by atoms with E-state index in [1.165, 1.54) is 0 Å². The van der Waals surface area contributed by atoms with Crippen LogP contribution in [0.4, 0.5) is 0 Å². The van der Waals surface area contributed by atoms with Crippen molar-refractivity contribution in [1.82, 2.24) is 0 Å². The Balaban J connectivity index is 2.42. The molecule has 1 N–H and O–H groups in total. The molecule has 17 heavy (non-hydrogen) atoms. The van der Waals surface area contributed by atoms with Crippen LogP contribution in [0.15, 0.2) is 24.3 Å². The maximum Gasteiger partial charge on any atom is 0.314 e. The maximum atomic E-state index is 11.7. The highest BCUT2D eigenvalue weighted by molar-refractivity contribution is 5.82. The highest BCUT2D eigenvalue weighted by Gasteiger charge is 2.43. The van der Waals surface area contributed by atoms with Gasteiger partial charge in [-0.05, 0) is 49.7 Å². The Hall–Kier alpha value is -1.31. The molecule has 0 atom stereocenters. The highest BCUT2D eigenvalue weighted by Crippen LogP contribution is 2.42. The van der Waals surface area contributed by atoms with E-state index in [1.54, 1.807) is 0 Å². The quantitative estimate of drug-likeness (QED) is 0.847. The first-order valence-electron chi connectivity index (χ1n) is 6.36. The average Bonchev–Trinajstić information content (AvgIpc) is 2.31. The molecule has 92 valence electrons. The van der Waals surface area contributed by atoms with E-state index in [0.717, 1.165) is 36.8 Å². The third kappa shape index (κ3) is 2.08. The summed E-state index contributed by atoms with van der Waals surface area (Å²) in [7, 11) is 0. The molecule has 0 aromatic heterocycles. The number of hydrogen-bond acceptors (Lipinski definition) is 1. The number of carboxylic acid groups (broad SMARTS) is 1. The summed E-state index contributed by atoms with van der Waals surface area (Å²) >= 11 is 0. The van der Waals surface area contributed by atoms with E-state index < -0.39 is 11.4 Å². The van der Waals surface area contributed by atoms with Crippen molar-refractivity contribution in [3.63, 3.8) is 0 Å². The summed E-state index contributed by atoms with van der Waals surface area (Å²) in [5, 5.41) is 9.65. The SMILES string of the molecule is Cc1ccccc1C1(C(=O)O)CCC(C)CC1. The first kappa shape index (κ1) is 12.2. The Kier molecular flexibility index (Phi) is 3.23. The number of carbonyl (C=O) groups is 1. The van der Waals surface area contributed by atoms with E-state index in [4.69, 9.17) is 0 Å². The van der Waals surface area contributed by atoms with Crippen LogP contribution in [0.1, 0.15) is 43.7 Å². The third-order valence-electron chi connectivity index (χ3n) is 4.20. The van der Waals surface area contributed by atoms with Crippen molar-refractivity contribution in [3.05, 3.63) is 35.4 Å². The summed E-state index contributed by atoms with van der Waals surface area (Å²) < 4.78 is 0. The highest BCUT2D eigenvalue weighted by atomic mass is 16.4. The van der Waals surface area contributed by atoms with Gasteiger partial charge in [-0.3, -0.25) is 4.79 Å². The summed E-state index contributed by atoms with van der Waals surface area (Å²) in [6.07, 6.45) is 3.57. The van der Waals surface area contributed by atoms with Gasteiger partial charge < -0.3 is 5.11 Å². The van der Waals surface area contributed by atoms with Crippen LogP contribution in [-0.4, -0.2) is 11.1 Å².